The predicted molar refractivity (Wildman–Crippen MR) is 140 cm³/mol. The van der Waals surface area contributed by atoms with Gasteiger partial charge in [-0.1, -0.05) is 54.6 Å². The number of nitrogens with zero attached hydrogens (tertiary/aromatic N) is 1. The van der Waals surface area contributed by atoms with Crippen LogP contribution in [0.2, 0.25) is 0 Å². The number of hydrogen-bond acceptors (Lipinski definition) is 3. The summed E-state index contributed by atoms with van der Waals surface area (Å²) in [6.07, 6.45) is 1.70. The summed E-state index contributed by atoms with van der Waals surface area (Å²) in [5.41, 5.74) is 3.46. The number of thiocarbonyl (C=S) groups is 1. The second-order valence-corrected chi connectivity index (χ2v) is 10.2. The van der Waals surface area contributed by atoms with Crippen LogP contribution < -0.4 is 14.9 Å². The van der Waals surface area contributed by atoms with Crippen LogP contribution in [0.4, 0.5) is 17.1 Å². The molecule has 0 unspecified atom stereocenters. The van der Waals surface area contributed by atoms with E-state index in [0.717, 1.165) is 40.6 Å². The number of sulfonamides is 1. The topological polar surface area (TPSA) is 61.4 Å². The molecule has 0 amide bonds. The molecule has 1 aliphatic rings. The molecule has 2 N–H and O–H groups in total. The minimum atomic E-state index is -3.64. The minimum Gasteiger partial charge on any atom is -0.332 e. The van der Waals surface area contributed by atoms with Crippen molar-refractivity contribution in [2.24, 2.45) is 0 Å². The molecule has 5 nitrogen and oxygen atoms in total. The Kier molecular flexibility index (Phi) is 5.74. The number of hydrogen-bond donors (Lipinski definition) is 2. The zero-order valence-corrected chi connectivity index (χ0v) is 19.5. The Morgan fingerprint density at radius 2 is 1.55 bits per heavy atom. The van der Waals surface area contributed by atoms with Crippen LogP contribution in [0.1, 0.15) is 12.0 Å². The van der Waals surface area contributed by atoms with Gasteiger partial charge in [-0.2, -0.15) is 0 Å². The average Bonchev–Trinajstić information content (AvgIpc) is 2.84. The first-order valence-electron chi connectivity index (χ1n) is 10.8. The van der Waals surface area contributed by atoms with E-state index in [-0.39, 0.29) is 4.90 Å². The standard InChI is InChI=1S/C26H23N3O2S2/c30-33(31,29-18-6-10-20-8-2-4-13-25(20)29)22-16-14-21(15-17-22)27-26(32)28-24-12-5-9-19-7-1-3-11-23(19)24/h1-5,7-9,11-17H,6,10,18H2,(H2,27,28,32). The van der Waals surface area contributed by atoms with Gasteiger partial charge in [-0.25, -0.2) is 8.42 Å². The largest absolute Gasteiger partial charge is 0.332 e. The number of aryl methyl sites for hydroxylation is 1. The number of rotatable bonds is 4. The Hall–Kier alpha value is -3.42. The lowest BCUT2D eigenvalue weighted by Crippen LogP contribution is -2.35. The third-order valence-electron chi connectivity index (χ3n) is 5.81. The van der Waals surface area contributed by atoms with E-state index in [9.17, 15) is 8.42 Å². The summed E-state index contributed by atoms with van der Waals surface area (Å²) >= 11 is 5.48. The van der Waals surface area contributed by atoms with Gasteiger partial charge in [0.25, 0.3) is 10.0 Å². The second kappa shape index (κ2) is 8.84. The molecule has 1 heterocycles. The number of benzene rings is 4. The molecule has 0 radical (unpaired) electrons. The van der Waals surface area contributed by atoms with E-state index in [1.54, 1.807) is 24.3 Å². The Labute approximate surface area is 199 Å². The lowest BCUT2D eigenvalue weighted by Gasteiger charge is -2.30. The second-order valence-electron chi connectivity index (χ2n) is 7.94. The van der Waals surface area contributed by atoms with Gasteiger partial charge in [0, 0.05) is 23.3 Å². The van der Waals surface area contributed by atoms with Crippen molar-refractivity contribution in [2.45, 2.75) is 17.7 Å². The smallest absolute Gasteiger partial charge is 0.264 e. The highest BCUT2D eigenvalue weighted by atomic mass is 32.2. The molecule has 0 saturated carbocycles. The highest BCUT2D eigenvalue weighted by molar-refractivity contribution is 7.92. The van der Waals surface area contributed by atoms with Gasteiger partial charge in [-0.05, 0) is 72.4 Å². The number of fused-ring (bicyclic) bond motifs is 2. The summed E-state index contributed by atoms with van der Waals surface area (Å²) in [7, 11) is -3.64. The first-order chi connectivity index (χ1) is 16.0. The Morgan fingerprint density at radius 3 is 2.39 bits per heavy atom. The molecule has 5 rings (SSSR count). The Bertz CT molecular complexity index is 1430. The van der Waals surface area contributed by atoms with Gasteiger partial charge in [0.05, 0.1) is 10.6 Å². The van der Waals surface area contributed by atoms with Crippen LogP contribution in [0.25, 0.3) is 10.8 Å². The number of anilines is 3. The maximum atomic E-state index is 13.3. The first kappa shape index (κ1) is 21.4. The molecule has 0 aliphatic carbocycles. The summed E-state index contributed by atoms with van der Waals surface area (Å²) in [4.78, 5) is 0.262. The van der Waals surface area contributed by atoms with Crippen molar-refractivity contribution < 1.29 is 8.42 Å². The van der Waals surface area contributed by atoms with Crippen molar-refractivity contribution in [3.8, 4) is 0 Å². The molecular weight excluding hydrogens is 450 g/mol. The summed E-state index contributed by atoms with van der Waals surface area (Å²) in [5.74, 6) is 0. The van der Waals surface area contributed by atoms with Gasteiger partial charge in [0.15, 0.2) is 5.11 Å². The molecule has 1 aliphatic heterocycles. The van der Waals surface area contributed by atoms with Crippen molar-refractivity contribution in [1.82, 2.24) is 0 Å². The van der Waals surface area contributed by atoms with E-state index in [4.69, 9.17) is 12.2 Å². The van der Waals surface area contributed by atoms with Crippen LogP contribution >= 0.6 is 12.2 Å². The maximum absolute atomic E-state index is 13.3. The van der Waals surface area contributed by atoms with Crippen molar-refractivity contribution in [1.29, 1.82) is 0 Å². The van der Waals surface area contributed by atoms with Crippen molar-refractivity contribution in [3.63, 3.8) is 0 Å². The third-order valence-corrected chi connectivity index (χ3v) is 7.84. The highest BCUT2D eigenvalue weighted by Gasteiger charge is 2.28. The van der Waals surface area contributed by atoms with E-state index in [0.29, 0.717) is 17.3 Å². The van der Waals surface area contributed by atoms with Gasteiger partial charge in [-0.3, -0.25) is 4.31 Å². The summed E-state index contributed by atoms with van der Waals surface area (Å²) < 4.78 is 28.1. The van der Waals surface area contributed by atoms with E-state index in [2.05, 4.69) is 22.8 Å². The van der Waals surface area contributed by atoms with Crippen molar-refractivity contribution in [2.75, 3.05) is 21.5 Å². The zero-order valence-electron chi connectivity index (χ0n) is 17.9. The first-order valence-corrected chi connectivity index (χ1v) is 12.6. The molecule has 4 aromatic rings. The average molecular weight is 474 g/mol. The lowest BCUT2D eigenvalue weighted by atomic mass is 10.0. The van der Waals surface area contributed by atoms with E-state index in [1.165, 1.54) is 4.31 Å². The van der Waals surface area contributed by atoms with E-state index < -0.39 is 10.0 Å². The SMILES string of the molecule is O=S(=O)(c1ccc(NC(=S)Nc2cccc3ccccc23)cc1)N1CCCc2ccccc21. The van der Waals surface area contributed by atoms with Crippen LogP contribution in [0.15, 0.2) is 95.9 Å². The highest BCUT2D eigenvalue weighted by Crippen LogP contribution is 2.32. The molecule has 166 valence electrons. The quantitative estimate of drug-likeness (QED) is 0.367. The minimum absolute atomic E-state index is 0.262. The van der Waals surface area contributed by atoms with Crippen LogP contribution in [0.5, 0.6) is 0 Å². The van der Waals surface area contributed by atoms with Crippen molar-refractivity contribution >= 4 is 55.2 Å². The summed E-state index contributed by atoms with van der Waals surface area (Å²) in [6, 6.07) is 28.5. The monoisotopic (exact) mass is 473 g/mol. The number of para-hydroxylation sites is 1. The predicted octanol–water partition coefficient (Wildman–Crippen LogP) is 5.79. The molecule has 0 spiro atoms. The fourth-order valence-electron chi connectivity index (χ4n) is 4.21. The normalized spacial score (nSPS) is 13.4. The Balaban J connectivity index is 1.32. The molecule has 7 heteroatoms. The van der Waals surface area contributed by atoms with Crippen LogP contribution in [-0.4, -0.2) is 20.1 Å². The Morgan fingerprint density at radius 1 is 0.818 bits per heavy atom. The zero-order chi connectivity index (χ0) is 22.8. The fourth-order valence-corrected chi connectivity index (χ4v) is 5.97. The summed E-state index contributed by atoms with van der Waals surface area (Å²) in [6.45, 7) is 0.485. The van der Waals surface area contributed by atoms with E-state index in [1.807, 2.05) is 54.6 Å². The molecular formula is C26H23N3O2S2. The van der Waals surface area contributed by atoms with E-state index >= 15 is 0 Å². The van der Waals surface area contributed by atoms with Crippen LogP contribution in [-0.2, 0) is 16.4 Å². The lowest BCUT2D eigenvalue weighted by molar-refractivity contribution is 0.586. The van der Waals surface area contributed by atoms with Gasteiger partial charge in [-0.15, -0.1) is 0 Å². The summed E-state index contributed by atoms with van der Waals surface area (Å²) in [5, 5.41) is 9.01. The van der Waals surface area contributed by atoms with Crippen LogP contribution in [0.3, 0.4) is 0 Å². The van der Waals surface area contributed by atoms with Gasteiger partial charge >= 0.3 is 0 Å². The molecule has 0 fully saturated rings. The molecule has 0 saturated heterocycles. The van der Waals surface area contributed by atoms with Crippen molar-refractivity contribution in [3.05, 3.63) is 96.6 Å². The van der Waals surface area contributed by atoms with Gasteiger partial charge < -0.3 is 10.6 Å². The van der Waals surface area contributed by atoms with Gasteiger partial charge in [0.2, 0.25) is 0 Å². The molecule has 0 bridgehead atoms. The maximum Gasteiger partial charge on any atom is 0.264 e. The van der Waals surface area contributed by atoms with Gasteiger partial charge in [0.1, 0.15) is 0 Å². The molecule has 0 atom stereocenters. The molecule has 4 aromatic carbocycles. The fraction of sp³-hybridized carbons (Fsp3) is 0.115. The third kappa shape index (κ3) is 4.29. The van der Waals surface area contributed by atoms with Crippen LogP contribution in [0, 0.1) is 0 Å². The molecule has 0 aromatic heterocycles. The number of nitrogens with one attached hydrogen (secondary N) is 2. The molecule has 33 heavy (non-hydrogen) atoms.